The van der Waals surface area contributed by atoms with Gasteiger partial charge in [0.2, 0.25) is 0 Å². The number of aryl methyl sites for hydroxylation is 1. The summed E-state index contributed by atoms with van der Waals surface area (Å²) in [5, 5.41) is 14.7. The van der Waals surface area contributed by atoms with Crippen LogP contribution in [0.2, 0.25) is 0 Å². The van der Waals surface area contributed by atoms with Crippen LogP contribution in [0.5, 0.6) is 5.75 Å². The van der Waals surface area contributed by atoms with E-state index in [-0.39, 0.29) is 0 Å². The molecule has 0 amide bonds. The van der Waals surface area contributed by atoms with E-state index in [1.54, 1.807) is 0 Å². The fourth-order valence-electron chi connectivity index (χ4n) is 1.91. The number of aromatic hydroxyl groups is 1. The second-order valence-electron chi connectivity index (χ2n) is 4.46. The minimum Gasteiger partial charge on any atom is -0.504 e. The lowest BCUT2D eigenvalue weighted by Crippen LogP contribution is -2.04. The molecule has 0 saturated heterocycles. The molecule has 1 rings (SSSR count). The molecule has 0 saturated carbocycles. The first-order chi connectivity index (χ1) is 7.65. The predicted octanol–water partition coefficient (Wildman–Crippen LogP) is 3.46. The summed E-state index contributed by atoms with van der Waals surface area (Å²) in [4.78, 5) is 0. The summed E-state index contributed by atoms with van der Waals surface area (Å²) in [7, 11) is 0. The van der Waals surface area contributed by atoms with Crippen LogP contribution in [0.3, 0.4) is 0 Å². The lowest BCUT2D eigenvalue weighted by molar-refractivity contribution is 0.452. The van der Waals surface area contributed by atoms with Crippen molar-refractivity contribution in [3.63, 3.8) is 0 Å². The third-order valence-electron chi connectivity index (χ3n) is 3.06. The van der Waals surface area contributed by atoms with Gasteiger partial charge in [-0.1, -0.05) is 34.1 Å². The second kappa shape index (κ2) is 5.92. The van der Waals surface area contributed by atoms with Crippen LogP contribution >= 0.6 is 0 Å². The average Bonchev–Trinajstić information content (AvgIpc) is 2.58. The molecular formula is C13H24N2O. The quantitative estimate of drug-likeness (QED) is 0.803. The van der Waals surface area contributed by atoms with Gasteiger partial charge in [0.1, 0.15) is 5.69 Å². The van der Waals surface area contributed by atoms with Gasteiger partial charge in [-0.2, -0.15) is 5.10 Å². The molecule has 1 N–H and O–H groups in total. The maximum absolute atomic E-state index is 10.2. The fraction of sp³-hybridized carbons (Fsp3) is 0.769. The van der Waals surface area contributed by atoms with Crippen molar-refractivity contribution in [3.05, 3.63) is 11.4 Å². The molecule has 0 aliphatic heterocycles. The van der Waals surface area contributed by atoms with Gasteiger partial charge >= 0.3 is 0 Å². The van der Waals surface area contributed by atoms with Gasteiger partial charge in [0.25, 0.3) is 0 Å². The second-order valence-corrected chi connectivity index (χ2v) is 4.46. The van der Waals surface area contributed by atoms with Crippen molar-refractivity contribution in [3.8, 4) is 5.75 Å². The van der Waals surface area contributed by atoms with Crippen molar-refractivity contribution in [2.45, 2.75) is 65.8 Å². The lowest BCUT2D eigenvalue weighted by Gasteiger charge is -2.04. The molecular weight excluding hydrogens is 200 g/mol. The number of aromatic nitrogens is 2. The third-order valence-corrected chi connectivity index (χ3v) is 3.06. The maximum Gasteiger partial charge on any atom is 0.160 e. The Morgan fingerprint density at radius 2 is 1.94 bits per heavy atom. The van der Waals surface area contributed by atoms with Gasteiger partial charge in [-0.3, -0.25) is 4.68 Å². The van der Waals surface area contributed by atoms with Crippen LogP contribution in [0.1, 0.15) is 64.3 Å². The standard InChI is InChI=1S/C13H24N2O/c1-5-8-11-13(16)12(10(4)7-3)14-15(11)9-6-2/h10,16H,5-9H2,1-4H3. The zero-order valence-corrected chi connectivity index (χ0v) is 11.0. The highest BCUT2D eigenvalue weighted by molar-refractivity contribution is 5.34. The zero-order valence-electron chi connectivity index (χ0n) is 11.0. The summed E-state index contributed by atoms with van der Waals surface area (Å²) >= 11 is 0. The first-order valence-corrected chi connectivity index (χ1v) is 6.44. The van der Waals surface area contributed by atoms with E-state index in [2.05, 4.69) is 32.8 Å². The van der Waals surface area contributed by atoms with Gasteiger partial charge in [0.15, 0.2) is 5.75 Å². The van der Waals surface area contributed by atoms with Crippen molar-refractivity contribution in [1.82, 2.24) is 9.78 Å². The summed E-state index contributed by atoms with van der Waals surface area (Å²) in [6, 6.07) is 0. The Balaban J connectivity index is 3.07. The molecule has 0 aliphatic carbocycles. The molecule has 92 valence electrons. The van der Waals surface area contributed by atoms with Crippen LogP contribution in [-0.4, -0.2) is 14.9 Å². The van der Waals surface area contributed by atoms with E-state index >= 15 is 0 Å². The van der Waals surface area contributed by atoms with E-state index in [1.807, 2.05) is 4.68 Å². The van der Waals surface area contributed by atoms with Crippen molar-refractivity contribution >= 4 is 0 Å². The van der Waals surface area contributed by atoms with Crippen LogP contribution < -0.4 is 0 Å². The van der Waals surface area contributed by atoms with Gasteiger partial charge in [-0.25, -0.2) is 0 Å². The Kier molecular flexibility index (Phi) is 4.84. The molecule has 3 nitrogen and oxygen atoms in total. The molecule has 3 heteroatoms. The Morgan fingerprint density at radius 1 is 1.25 bits per heavy atom. The Labute approximate surface area is 98.5 Å². The highest BCUT2D eigenvalue weighted by Crippen LogP contribution is 2.31. The van der Waals surface area contributed by atoms with E-state index in [9.17, 15) is 5.11 Å². The Bertz CT molecular complexity index is 331. The Hall–Kier alpha value is -0.990. The molecule has 16 heavy (non-hydrogen) atoms. The van der Waals surface area contributed by atoms with Gasteiger partial charge < -0.3 is 5.11 Å². The zero-order chi connectivity index (χ0) is 12.1. The van der Waals surface area contributed by atoms with E-state index in [0.717, 1.165) is 43.6 Å². The van der Waals surface area contributed by atoms with Crippen LogP contribution in [0, 0.1) is 0 Å². The van der Waals surface area contributed by atoms with Gasteiger partial charge in [0.05, 0.1) is 5.69 Å². The highest BCUT2D eigenvalue weighted by atomic mass is 16.3. The SMILES string of the molecule is CCCc1c(O)c(C(C)CC)nn1CCC. The molecule has 1 aromatic rings. The molecule has 1 heterocycles. The van der Waals surface area contributed by atoms with Crippen LogP contribution in [0.25, 0.3) is 0 Å². The number of hydrogen-bond acceptors (Lipinski definition) is 2. The van der Waals surface area contributed by atoms with Crippen LogP contribution in [0.15, 0.2) is 0 Å². The predicted molar refractivity (Wildman–Crippen MR) is 66.9 cm³/mol. The first kappa shape index (κ1) is 13.1. The molecule has 0 bridgehead atoms. The summed E-state index contributed by atoms with van der Waals surface area (Å²) in [6.45, 7) is 9.42. The monoisotopic (exact) mass is 224 g/mol. The fourth-order valence-corrected chi connectivity index (χ4v) is 1.91. The summed E-state index contributed by atoms with van der Waals surface area (Å²) in [5.41, 5.74) is 1.89. The molecule has 0 fully saturated rings. The van der Waals surface area contributed by atoms with Gasteiger partial charge in [-0.15, -0.1) is 0 Å². The highest BCUT2D eigenvalue weighted by Gasteiger charge is 2.19. The van der Waals surface area contributed by atoms with E-state index in [0.29, 0.717) is 11.7 Å². The number of nitrogens with zero attached hydrogens (tertiary/aromatic N) is 2. The number of rotatable bonds is 6. The van der Waals surface area contributed by atoms with Crippen molar-refractivity contribution < 1.29 is 5.11 Å². The normalized spacial score (nSPS) is 13.0. The summed E-state index contributed by atoms with van der Waals surface area (Å²) < 4.78 is 1.99. The Morgan fingerprint density at radius 3 is 2.44 bits per heavy atom. The van der Waals surface area contributed by atoms with Crippen molar-refractivity contribution in [2.24, 2.45) is 0 Å². The van der Waals surface area contributed by atoms with Gasteiger partial charge in [0, 0.05) is 12.5 Å². The van der Waals surface area contributed by atoms with E-state index < -0.39 is 0 Å². The summed E-state index contributed by atoms with van der Waals surface area (Å²) in [5.74, 6) is 0.776. The van der Waals surface area contributed by atoms with Crippen molar-refractivity contribution in [1.29, 1.82) is 0 Å². The molecule has 0 spiro atoms. The average molecular weight is 224 g/mol. The summed E-state index contributed by atoms with van der Waals surface area (Å²) in [6.07, 6.45) is 4.03. The molecule has 1 atom stereocenters. The smallest absolute Gasteiger partial charge is 0.160 e. The largest absolute Gasteiger partial charge is 0.504 e. The molecule has 0 aromatic carbocycles. The maximum atomic E-state index is 10.2. The lowest BCUT2D eigenvalue weighted by atomic mass is 10.0. The van der Waals surface area contributed by atoms with Crippen LogP contribution in [-0.2, 0) is 13.0 Å². The molecule has 0 aliphatic rings. The first-order valence-electron chi connectivity index (χ1n) is 6.44. The molecule has 0 radical (unpaired) electrons. The minimum atomic E-state index is 0.341. The third kappa shape index (κ3) is 2.57. The van der Waals surface area contributed by atoms with E-state index in [1.165, 1.54) is 0 Å². The van der Waals surface area contributed by atoms with Gasteiger partial charge in [-0.05, 0) is 19.3 Å². The van der Waals surface area contributed by atoms with E-state index in [4.69, 9.17) is 0 Å². The molecule has 1 aromatic heterocycles. The number of hydrogen-bond donors (Lipinski definition) is 1. The van der Waals surface area contributed by atoms with Crippen LogP contribution in [0.4, 0.5) is 0 Å². The van der Waals surface area contributed by atoms with Crippen molar-refractivity contribution in [2.75, 3.05) is 0 Å². The molecule has 1 unspecified atom stereocenters. The topological polar surface area (TPSA) is 38.1 Å². The minimum absolute atomic E-state index is 0.341.